The molecule has 0 aliphatic heterocycles. The summed E-state index contributed by atoms with van der Waals surface area (Å²) in [4.78, 5) is 2.27. The highest BCUT2D eigenvalue weighted by Gasteiger charge is 2.10. The van der Waals surface area contributed by atoms with E-state index < -0.39 is 0 Å². The lowest BCUT2D eigenvalue weighted by Gasteiger charge is -2.22. The zero-order chi connectivity index (χ0) is 13.1. The fourth-order valence-electron chi connectivity index (χ4n) is 1.78. The van der Waals surface area contributed by atoms with Crippen LogP contribution in [0.15, 0.2) is 48.5 Å². The minimum Gasteiger partial charge on any atom is -0.389 e. The maximum absolute atomic E-state index is 12.9. The van der Waals surface area contributed by atoms with Crippen molar-refractivity contribution in [3.05, 3.63) is 59.9 Å². The Morgan fingerprint density at radius 3 is 2.33 bits per heavy atom. The van der Waals surface area contributed by atoms with Crippen LogP contribution in [0.1, 0.15) is 5.56 Å². The van der Waals surface area contributed by atoms with Crippen LogP contribution in [-0.2, 0) is 0 Å². The van der Waals surface area contributed by atoms with Crippen LogP contribution in [0.2, 0.25) is 0 Å². The van der Waals surface area contributed by atoms with Crippen molar-refractivity contribution in [2.24, 2.45) is 5.73 Å². The molecule has 4 heteroatoms. The topological polar surface area (TPSA) is 29.3 Å². The van der Waals surface area contributed by atoms with Crippen molar-refractivity contribution < 1.29 is 4.39 Å². The quantitative estimate of drug-likeness (QED) is 0.859. The lowest BCUT2D eigenvalue weighted by atomic mass is 10.1. The number of para-hydroxylation sites is 1. The van der Waals surface area contributed by atoms with Gasteiger partial charge in [-0.1, -0.05) is 24.4 Å². The zero-order valence-electron chi connectivity index (χ0n) is 9.93. The molecule has 0 heterocycles. The van der Waals surface area contributed by atoms with Crippen molar-refractivity contribution in [2.45, 2.75) is 0 Å². The number of hydrogen-bond acceptors (Lipinski definition) is 2. The van der Waals surface area contributed by atoms with E-state index in [1.807, 2.05) is 36.2 Å². The van der Waals surface area contributed by atoms with Gasteiger partial charge < -0.3 is 10.6 Å². The second-order valence-electron chi connectivity index (χ2n) is 3.92. The average molecular weight is 260 g/mol. The summed E-state index contributed by atoms with van der Waals surface area (Å²) < 4.78 is 12.9. The number of hydrogen-bond donors (Lipinski definition) is 1. The van der Waals surface area contributed by atoms with Gasteiger partial charge in [0.15, 0.2) is 0 Å². The Bertz CT molecular complexity index is 566. The van der Waals surface area contributed by atoms with Gasteiger partial charge in [-0.2, -0.15) is 0 Å². The molecule has 2 nitrogen and oxygen atoms in total. The van der Waals surface area contributed by atoms with E-state index in [0.29, 0.717) is 4.99 Å². The van der Waals surface area contributed by atoms with Gasteiger partial charge in [-0.3, -0.25) is 0 Å². The smallest absolute Gasteiger partial charge is 0.123 e. The third-order valence-electron chi connectivity index (χ3n) is 2.74. The lowest BCUT2D eigenvalue weighted by Crippen LogP contribution is -2.17. The first-order valence-corrected chi connectivity index (χ1v) is 5.88. The fourth-order valence-corrected chi connectivity index (χ4v) is 1.95. The van der Waals surface area contributed by atoms with Crippen LogP contribution < -0.4 is 10.6 Å². The lowest BCUT2D eigenvalue weighted by molar-refractivity contribution is 0.628. The average Bonchev–Trinajstić information content (AvgIpc) is 2.39. The summed E-state index contributed by atoms with van der Waals surface area (Å²) in [6, 6.07) is 13.9. The summed E-state index contributed by atoms with van der Waals surface area (Å²) in [5.41, 5.74) is 8.28. The molecule has 0 fully saturated rings. The van der Waals surface area contributed by atoms with Crippen LogP contribution in [0.5, 0.6) is 0 Å². The van der Waals surface area contributed by atoms with Crippen LogP contribution in [0.4, 0.5) is 15.8 Å². The van der Waals surface area contributed by atoms with Gasteiger partial charge in [-0.05, 0) is 36.4 Å². The maximum Gasteiger partial charge on any atom is 0.123 e. The number of rotatable bonds is 3. The Morgan fingerprint density at radius 1 is 1.11 bits per heavy atom. The van der Waals surface area contributed by atoms with E-state index in [1.54, 1.807) is 12.1 Å². The fraction of sp³-hybridized carbons (Fsp3) is 0.0714. The molecule has 2 rings (SSSR count). The van der Waals surface area contributed by atoms with Crippen molar-refractivity contribution in [1.82, 2.24) is 0 Å². The number of halogens is 1. The molecule has 0 aliphatic rings. The molecular weight excluding hydrogens is 247 g/mol. The molecule has 0 saturated heterocycles. The molecule has 0 bridgehead atoms. The number of nitrogens with zero attached hydrogens (tertiary/aromatic N) is 1. The van der Waals surface area contributed by atoms with E-state index in [2.05, 4.69) is 0 Å². The standard InChI is InChI=1S/C14H13FN2S/c1-17(11-8-6-10(15)7-9-11)13-5-3-2-4-12(13)14(16)18/h2-9H,1H3,(H2,16,18). The van der Waals surface area contributed by atoms with E-state index >= 15 is 0 Å². The first kappa shape index (κ1) is 12.5. The van der Waals surface area contributed by atoms with E-state index in [-0.39, 0.29) is 5.82 Å². The molecule has 0 saturated carbocycles. The molecule has 0 atom stereocenters. The largest absolute Gasteiger partial charge is 0.389 e. The molecule has 2 N–H and O–H groups in total. The predicted molar refractivity (Wildman–Crippen MR) is 76.8 cm³/mol. The van der Waals surface area contributed by atoms with Crippen molar-refractivity contribution in [1.29, 1.82) is 0 Å². The van der Waals surface area contributed by atoms with E-state index in [1.165, 1.54) is 12.1 Å². The molecule has 92 valence electrons. The van der Waals surface area contributed by atoms with Crippen LogP contribution in [0.3, 0.4) is 0 Å². The van der Waals surface area contributed by atoms with E-state index in [0.717, 1.165) is 16.9 Å². The molecule has 18 heavy (non-hydrogen) atoms. The maximum atomic E-state index is 12.9. The van der Waals surface area contributed by atoms with Gasteiger partial charge in [0, 0.05) is 18.3 Å². The third kappa shape index (κ3) is 2.49. The molecule has 2 aromatic carbocycles. The van der Waals surface area contributed by atoms with E-state index in [9.17, 15) is 4.39 Å². The molecule has 0 unspecified atom stereocenters. The van der Waals surface area contributed by atoms with Crippen molar-refractivity contribution >= 4 is 28.6 Å². The van der Waals surface area contributed by atoms with Gasteiger partial charge in [0.25, 0.3) is 0 Å². The van der Waals surface area contributed by atoms with Crippen molar-refractivity contribution in [3.63, 3.8) is 0 Å². The molecule has 0 aromatic heterocycles. The molecule has 0 amide bonds. The van der Waals surface area contributed by atoms with Crippen LogP contribution in [0.25, 0.3) is 0 Å². The number of benzene rings is 2. The molecule has 2 aromatic rings. The minimum atomic E-state index is -0.255. The Labute approximate surface area is 111 Å². The normalized spacial score (nSPS) is 10.1. The summed E-state index contributed by atoms with van der Waals surface area (Å²) in [7, 11) is 1.89. The van der Waals surface area contributed by atoms with Crippen LogP contribution in [0, 0.1) is 5.82 Å². The molecule has 0 radical (unpaired) electrons. The number of anilines is 2. The number of nitrogens with two attached hydrogens (primary N) is 1. The summed E-state index contributed by atoms with van der Waals surface area (Å²) in [5.74, 6) is -0.255. The number of thiocarbonyl (C=S) groups is 1. The summed E-state index contributed by atoms with van der Waals surface area (Å²) >= 11 is 5.03. The second-order valence-corrected chi connectivity index (χ2v) is 4.36. The Balaban J connectivity index is 2.42. The Morgan fingerprint density at radius 2 is 1.72 bits per heavy atom. The summed E-state index contributed by atoms with van der Waals surface area (Å²) in [5, 5.41) is 0. The second kappa shape index (κ2) is 5.14. The molecule has 0 spiro atoms. The predicted octanol–water partition coefficient (Wildman–Crippen LogP) is 3.23. The molecular formula is C14H13FN2S. The SMILES string of the molecule is CN(c1ccc(F)cc1)c1ccccc1C(N)=S. The van der Waals surface area contributed by atoms with Gasteiger partial charge in [0.05, 0.1) is 5.69 Å². The third-order valence-corrected chi connectivity index (χ3v) is 2.96. The van der Waals surface area contributed by atoms with Crippen LogP contribution in [-0.4, -0.2) is 12.0 Å². The zero-order valence-corrected chi connectivity index (χ0v) is 10.7. The molecule has 0 aliphatic carbocycles. The highest BCUT2D eigenvalue weighted by molar-refractivity contribution is 7.80. The Kier molecular flexibility index (Phi) is 3.58. The Hall–Kier alpha value is -1.94. The van der Waals surface area contributed by atoms with Gasteiger partial charge in [0.1, 0.15) is 10.8 Å². The first-order valence-electron chi connectivity index (χ1n) is 5.47. The monoisotopic (exact) mass is 260 g/mol. The minimum absolute atomic E-state index is 0.255. The van der Waals surface area contributed by atoms with Gasteiger partial charge >= 0.3 is 0 Å². The highest BCUT2D eigenvalue weighted by atomic mass is 32.1. The van der Waals surface area contributed by atoms with Crippen molar-refractivity contribution in [2.75, 3.05) is 11.9 Å². The van der Waals surface area contributed by atoms with Crippen LogP contribution >= 0.6 is 12.2 Å². The summed E-state index contributed by atoms with van der Waals surface area (Å²) in [6.45, 7) is 0. The van der Waals surface area contributed by atoms with E-state index in [4.69, 9.17) is 18.0 Å². The van der Waals surface area contributed by atoms with Gasteiger partial charge in [-0.15, -0.1) is 0 Å². The highest BCUT2D eigenvalue weighted by Crippen LogP contribution is 2.26. The van der Waals surface area contributed by atoms with Gasteiger partial charge in [0.2, 0.25) is 0 Å². The van der Waals surface area contributed by atoms with Crippen molar-refractivity contribution in [3.8, 4) is 0 Å². The summed E-state index contributed by atoms with van der Waals surface area (Å²) in [6.07, 6.45) is 0. The van der Waals surface area contributed by atoms with Gasteiger partial charge in [-0.25, -0.2) is 4.39 Å². The first-order chi connectivity index (χ1) is 8.59.